The number of alkyl carbamates (subject to hydrolysis) is 1. The van der Waals surface area contributed by atoms with Crippen LogP contribution in [0, 0.1) is 11.8 Å². The Labute approximate surface area is 294 Å². The number of nitrogens with zero attached hydrogens (tertiary/aromatic N) is 4. The lowest BCUT2D eigenvalue weighted by Gasteiger charge is -2.27. The lowest BCUT2D eigenvalue weighted by molar-refractivity contribution is -0.214. The lowest BCUT2D eigenvalue weighted by atomic mass is 10.0. The summed E-state index contributed by atoms with van der Waals surface area (Å²) in [5, 5.41) is 9.51. The average molecular weight is 691 g/mol. The van der Waals surface area contributed by atoms with Crippen LogP contribution in [-0.4, -0.2) is 92.8 Å². The third-order valence-corrected chi connectivity index (χ3v) is 7.63. The number of rotatable bonds is 12. The van der Waals surface area contributed by atoms with Crippen LogP contribution in [0.25, 0.3) is 22.5 Å². The molecule has 0 saturated carbocycles. The third kappa shape index (κ3) is 12.9. The Morgan fingerprint density at radius 3 is 2.18 bits per heavy atom. The van der Waals surface area contributed by atoms with E-state index in [1.54, 1.807) is 17.3 Å². The first-order valence-electron chi connectivity index (χ1n) is 16.9. The second-order valence-corrected chi connectivity index (χ2v) is 12.9. The highest BCUT2D eigenvalue weighted by Crippen LogP contribution is 2.32. The largest absolute Gasteiger partial charge is 0.453 e. The van der Waals surface area contributed by atoms with Gasteiger partial charge in [0.2, 0.25) is 11.8 Å². The molecule has 1 aliphatic heterocycles. The number of amides is 3. The number of hydrogen-bond acceptors (Lipinski definition) is 9. The molecule has 1 aliphatic rings. The Kier molecular flexibility index (Phi) is 17.5. The summed E-state index contributed by atoms with van der Waals surface area (Å²) in [6, 6.07) is 7.41. The maximum atomic E-state index is 12.9. The van der Waals surface area contributed by atoms with Gasteiger partial charge in [0, 0.05) is 17.4 Å². The Morgan fingerprint density at radius 1 is 1.06 bits per heavy atom. The van der Waals surface area contributed by atoms with Crippen LogP contribution in [0.4, 0.5) is 4.79 Å². The van der Waals surface area contributed by atoms with E-state index < -0.39 is 12.1 Å². The molecule has 14 heteroatoms. The molecule has 2 aromatic heterocycles. The van der Waals surface area contributed by atoms with E-state index in [0.717, 1.165) is 59.9 Å². The number of carbonyl (C=O) groups excluding carboxylic acids is 3. The van der Waals surface area contributed by atoms with Crippen LogP contribution < -0.4 is 11.1 Å². The molecule has 3 aromatic rings. The zero-order valence-corrected chi connectivity index (χ0v) is 30.3. The highest BCUT2D eigenvalue weighted by atomic mass is 17.1. The monoisotopic (exact) mass is 690 g/mol. The second-order valence-electron chi connectivity index (χ2n) is 12.9. The molecule has 14 nitrogen and oxygen atoms in total. The van der Waals surface area contributed by atoms with Gasteiger partial charge in [-0.2, -0.15) is 0 Å². The first kappa shape index (κ1) is 40.9. The van der Waals surface area contributed by atoms with Crippen LogP contribution in [0.5, 0.6) is 0 Å². The number of aromatic nitrogens is 4. The predicted octanol–water partition coefficient (Wildman–Crippen LogP) is 6.10. The number of nitrogens with one attached hydrogen (secondary N) is 3. The molecule has 278 valence electrons. The molecule has 49 heavy (non-hydrogen) atoms. The maximum absolute atomic E-state index is 12.9. The van der Waals surface area contributed by atoms with Gasteiger partial charge in [0.1, 0.15) is 18.2 Å². The molecule has 3 heterocycles. The number of likely N-dealkylation sites (tertiary alicyclic amines) is 1. The van der Waals surface area contributed by atoms with Crippen molar-refractivity contribution < 1.29 is 33.5 Å². The highest BCUT2D eigenvalue weighted by molar-refractivity contribution is 5.83. The van der Waals surface area contributed by atoms with Gasteiger partial charge in [-0.05, 0) is 42.2 Å². The minimum Gasteiger partial charge on any atom is -0.453 e. The molecule has 0 unspecified atom stereocenters. The Morgan fingerprint density at radius 2 is 1.63 bits per heavy atom. The fraction of sp³-hybridized carbons (Fsp3) is 0.571. The van der Waals surface area contributed by atoms with E-state index in [4.69, 9.17) is 11.0 Å². The van der Waals surface area contributed by atoms with Crippen LogP contribution in [0.2, 0.25) is 0 Å². The summed E-state index contributed by atoms with van der Waals surface area (Å²) in [6.07, 6.45) is 6.47. The van der Waals surface area contributed by atoms with Crippen molar-refractivity contribution in [3.8, 4) is 22.5 Å². The zero-order chi connectivity index (χ0) is 36.5. The van der Waals surface area contributed by atoms with E-state index in [-0.39, 0.29) is 34.6 Å². The number of ether oxygens (including phenoxy) is 1. The van der Waals surface area contributed by atoms with Gasteiger partial charge in [-0.1, -0.05) is 72.2 Å². The molecule has 2 atom stereocenters. The van der Waals surface area contributed by atoms with Gasteiger partial charge >= 0.3 is 6.09 Å². The number of imidazole rings is 2. The van der Waals surface area contributed by atoms with E-state index in [1.807, 2.05) is 43.0 Å². The molecule has 4 rings (SSSR count). The second kappa shape index (κ2) is 21.0. The van der Waals surface area contributed by atoms with Crippen molar-refractivity contribution in [1.29, 1.82) is 0 Å². The van der Waals surface area contributed by atoms with Gasteiger partial charge in [0.15, 0.2) is 0 Å². The van der Waals surface area contributed by atoms with E-state index in [9.17, 15) is 14.4 Å². The van der Waals surface area contributed by atoms with Crippen LogP contribution >= 0.6 is 0 Å². The Hall–Kier alpha value is -4.27. The van der Waals surface area contributed by atoms with Crippen molar-refractivity contribution in [2.75, 3.05) is 33.9 Å². The molecule has 0 spiro atoms. The predicted molar refractivity (Wildman–Crippen MR) is 195 cm³/mol. The van der Waals surface area contributed by atoms with Gasteiger partial charge < -0.3 is 35.6 Å². The van der Waals surface area contributed by atoms with Crippen LogP contribution in [0.15, 0.2) is 36.7 Å². The van der Waals surface area contributed by atoms with Gasteiger partial charge in [-0.15, -0.1) is 0 Å². The molecule has 1 fully saturated rings. The maximum Gasteiger partial charge on any atom is 0.407 e. The lowest BCUT2D eigenvalue weighted by Crippen LogP contribution is -2.46. The van der Waals surface area contributed by atoms with Crippen molar-refractivity contribution in [1.82, 2.24) is 35.1 Å². The summed E-state index contributed by atoms with van der Waals surface area (Å²) < 4.78 is 4.56. The Bertz CT molecular complexity index is 1440. The zero-order valence-electron chi connectivity index (χ0n) is 30.3. The van der Waals surface area contributed by atoms with Crippen molar-refractivity contribution in [3.05, 3.63) is 48.3 Å². The average Bonchev–Trinajstić information content (AvgIpc) is 3.86. The minimum absolute atomic E-state index is 0. The molecule has 0 radical (unpaired) electrons. The fourth-order valence-electron chi connectivity index (χ4n) is 5.02. The Balaban J connectivity index is 0. The normalized spacial score (nSPS) is 14.4. The van der Waals surface area contributed by atoms with Crippen molar-refractivity contribution in [3.63, 3.8) is 0 Å². The third-order valence-electron chi connectivity index (χ3n) is 7.63. The van der Waals surface area contributed by atoms with Crippen molar-refractivity contribution in [2.45, 2.75) is 85.9 Å². The number of nitrogens with two attached hydrogens (primary N) is 1. The number of methoxy groups -OCH3 is 1. The summed E-state index contributed by atoms with van der Waals surface area (Å²) in [7, 11) is 2.44. The standard InChI is InChI=1S/C30H42N8O4.C4H10.CH4O2.3H2/c1-5-6-13-37(26(39)17-34-30(41)42-4)18-25-32-15-22(35-25)20-9-11-21(12-10-20)23-16-33-28(36-23)24-8-7-14-38(24)29(40)27(31)19(2)3;1-4(2)3;1-3-2;;;/h9-12,15-16,19,24,27H,5-8,13-14,17-18,31H2,1-4H3,(H,32,35)(H,33,36)(H,34,41);4H,1-3H3;2H,1H3;3*1H/t24-,27-;;;;;/m0...../s1. The number of H-pyrrole nitrogens is 2. The topological polar surface area (TPSA) is 192 Å². The van der Waals surface area contributed by atoms with Crippen LogP contribution in [0.1, 0.15) is 89.2 Å². The molecular weight excluding hydrogens is 628 g/mol. The molecule has 6 N–H and O–H groups in total. The number of carbonyl (C=O) groups is 3. The van der Waals surface area contributed by atoms with Crippen molar-refractivity contribution >= 4 is 17.9 Å². The number of benzene rings is 1. The van der Waals surface area contributed by atoms with E-state index in [2.05, 4.69) is 62.6 Å². The van der Waals surface area contributed by atoms with Crippen molar-refractivity contribution in [2.24, 2.45) is 17.6 Å². The number of unbranched alkanes of at least 4 members (excludes halogenated alkanes) is 1. The minimum atomic E-state index is -0.643. The molecule has 1 aromatic carbocycles. The summed E-state index contributed by atoms with van der Waals surface area (Å²) in [5.74, 6) is 2.11. The SMILES string of the molecule is CC(C)C.CCCCN(Cc1ncc(-c2ccc(-c3cnc([C@@H]4CCCN4C(=O)[C@@H](N)C(C)C)[nH]3)cc2)[nH]1)C(=O)CNC(=O)OC.COO.[HH].[HH].[HH]. The van der Waals surface area contributed by atoms with E-state index >= 15 is 0 Å². The van der Waals surface area contributed by atoms with Gasteiger partial charge in [0.05, 0.1) is 56.6 Å². The first-order chi connectivity index (χ1) is 23.4. The summed E-state index contributed by atoms with van der Waals surface area (Å²) >= 11 is 0. The van der Waals surface area contributed by atoms with Gasteiger partial charge in [0.25, 0.3) is 0 Å². The molecule has 1 saturated heterocycles. The number of hydrogen-bond donors (Lipinski definition) is 5. The highest BCUT2D eigenvalue weighted by Gasteiger charge is 2.35. The summed E-state index contributed by atoms with van der Waals surface area (Å²) in [6.45, 7) is 13.9. The number of aromatic amines is 2. The molecule has 3 amide bonds. The van der Waals surface area contributed by atoms with E-state index in [1.165, 1.54) is 14.2 Å². The van der Waals surface area contributed by atoms with Crippen LogP contribution in [0.3, 0.4) is 0 Å². The summed E-state index contributed by atoms with van der Waals surface area (Å²) in [4.78, 5) is 59.6. The smallest absolute Gasteiger partial charge is 0.407 e. The molecule has 0 aliphatic carbocycles. The summed E-state index contributed by atoms with van der Waals surface area (Å²) in [5.41, 5.74) is 9.79. The van der Waals surface area contributed by atoms with Gasteiger partial charge in [-0.3, -0.25) is 14.8 Å². The fourth-order valence-corrected chi connectivity index (χ4v) is 5.02. The van der Waals surface area contributed by atoms with E-state index in [0.29, 0.717) is 25.5 Å². The quantitative estimate of drug-likeness (QED) is 0.110. The molecular formula is C35H62N8O6. The molecule has 0 bridgehead atoms. The first-order valence-corrected chi connectivity index (χ1v) is 16.9. The van der Waals surface area contributed by atoms with Crippen LogP contribution in [-0.2, 0) is 25.8 Å². The van der Waals surface area contributed by atoms with Gasteiger partial charge in [-0.25, -0.2) is 19.7 Å².